The lowest BCUT2D eigenvalue weighted by Crippen LogP contribution is -2.18. The molecule has 0 aliphatic rings. The number of carbonyl (C=O) groups is 1. The van der Waals surface area contributed by atoms with Gasteiger partial charge in [-0.3, -0.25) is 0 Å². The second kappa shape index (κ2) is 5.06. The van der Waals surface area contributed by atoms with Crippen molar-refractivity contribution in [2.45, 2.75) is 12.4 Å². The molecule has 1 aromatic rings. The highest BCUT2D eigenvalue weighted by molar-refractivity contribution is 5.86. The van der Waals surface area contributed by atoms with Crippen LogP contribution in [0.4, 0.5) is 32.0 Å². The largest absolute Gasteiger partial charge is 0.478 e. The molecule has 0 aromatic heterocycles. The fraction of sp³-hybridized carbons (Fsp3) is 0.182. The Balaban J connectivity index is 3.66. The average molecular weight is 299 g/mol. The van der Waals surface area contributed by atoms with E-state index < -0.39 is 40.7 Å². The lowest BCUT2D eigenvalue weighted by Gasteiger charge is -2.18. The van der Waals surface area contributed by atoms with Crippen molar-refractivity contribution in [2.24, 2.45) is 0 Å². The molecule has 3 nitrogen and oxygen atoms in total. The first-order valence-electron chi connectivity index (χ1n) is 4.92. The van der Waals surface area contributed by atoms with Gasteiger partial charge in [-0.1, -0.05) is 0 Å². The summed E-state index contributed by atoms with van der Waals surface area (Å²) >= 11 is 0. The van der Waals surface area contributed by atoms with Crippen LogP contribution in [-0.4, -0.2) is 11.1 Å². The minimum Gasteiger partial charge on any atom is -0.478 e. The summed E-state index contributed by atoms with van der Waals surface area (Å²) in [6.45, 7) is 0. The van der Waals surface area contributed by atoms with Gasteiger partial charge >= 0.3 is 18.3 Å². The van der Waals surface area contributed by atoms with E-state index in [4.69, 9.17) is 10.8 Å². The number of hydrogen-bond acceptors (Lipinski definition) is 2. The predicted molar refractivity (Wildman–Crippen MR) is 57.5 cm³/mol. The summed E-state index contributed by atoms with van der Waals surface area (Å²) in [6, 6.07) is 0.776. The van der Waals surface area contributed by atoms with Crippen LogP contribution in [-0.2, 0) is 17.1 Å². The van der Waals surface area contributed by atoms with Crippen molar-refractivity contribution in [1.82, 2.24) is 0 Å². The third-order valence-corrected chi connectivity index (χ3v) is 2.19. The fourth-order valence-corrected chi connectivity index (χ4v) is 1.52. The van der Waals surface area contributed by atoms with Crippen molar-refractivity contribution in [2.75, 3.05) is 5.73 Å². The first-order valence-corrected chi connectivity index (χ1v) is 4.92. The molecule has 0 aliphatic carbocycles. The summed E-state index contributed by atoms with van der Waals surface area (Å²) in [5.41, 5.74) is -0.338. The van der Waals surface area contributed by atoms with Gasteiger partial charge in [0.25, 0.3) is 0 Å². The smallest absolute Gasteiger partial charge is 0.417 e. The van der Waals surface area contributed by atoms with E-state index in [0.717, 1.165) is 0 Å². The zero-order valence-electron chi connectivity index (χ0n) is 9.51. The molecule has 0 saturated heterocycles. The summed E-state index contributed by atoms with van der Waals surface area (Å²) in [5, 5.41) is 8.35. The Morgan fingerprint density at radius 1 is 1.10 bits per heavy atom. The van der Waals surface area contributed by atoms with Crippen LogP contribution in [0.1, 0.15) is 16.7 Å². The quantitative estimate of drug-likeness (QED) is 0.500. The minimum atomic E-state index is -5.31. The monoisotopic (exact) mass is 299 g/mol. The number of aliphatic carboxylic acids is 1. The minimum absolute atomic E-state index is 0.154. The van der Waals surface area contributed by atoms with Gasteiger partial charge in [0.15, 0.2) is 0 Å². The number of anilines is 1. The highest BCUT2D eigenvalue weighted by Crippen LogP contribution is 2.43. The third-order valence-electron chi connectivity index (χ3n) is 2.19. The zero-order valence-corrected chi connectivity index (χ0v) is 9.51. The Kier molecular flexibility index (Phi) is 4.02. The standard InChI is InChI=1S/C11H7F6NO2/c12-10(13,14)7-4-6(18)3-5(1-2-8(19)20)9(7)11(15,16)17/h1-4H,18H2,(H,19,20)/b2-1+. The van der Waals surface area contributed by atoms with E-state index in [1.54, 1.807) is 0 Å². The summed E-state index contributed by atoms with van der Waals surface area (Å²) < 4.78 is 76.2. The van der Waals surface area contributed by atoms with Crippen molar-refractivity contribution in [3.8, 4) is 0 Å². The molecule has 0 aliphatic heterocycles. The van der Waals surface area contributed by atoms with E-state index in [1.807, 2.05) is 0 Å². The second-order valence-electron chi connectivity index (χ2n) is 3.70. The Morgan fingerprint density at radius 2 is 1.65 bits per heavy atom. The summed E-state index contributed by atoms with van der Waals surface area (Å²) in [4.78, 5) is 10.3. The van der Waals surface area contributed by atoms with Gasteiger partial charge in [0, 0.05) is 11.8 Å². The normalized spacial score (nSPS) is 12.9. The number of hydrogen-bond donors (Lipinski definition) is 2. The van der Waals surface area contributed by atoms with Crippen LogP contribution in [0.3, 0.4) is 0 Å². The molecule has 0 atom stereocenters. The Bertz CT molecular complexity index is 559. The molecule has 1 aromatic carbocycles. The van der Waals surface area contributed by atoms with Gasteiger partial charge in [0.2, 0.25) is 0 Å². The lowest BCUT2D eigenvalue weighted by atomic mass is 9.98. The van der Waals surface area contributed by atoms with Crippen molar-refractivity contribution in [3.63, 3.8) is 0 Å². The summed E-state index contributed by atoms with van der Waals surface area (Å²) in [7, 11) is 0. The Morgan fingerprint density at radius 3 is 2.05 bits per heavy atom. The number of carboxylic acid groups (broad SMARTS) is 1. The van der Waals surface area contributed by atoms with E-state index in [1.165, 1.54) is 0 Å². The van der Waals surface area contributed by atoms with Crippen molar-refractivity contribution in [3.05, 3.63) is 34.9 Å². The molecule has 9 heteroatoms. The van der Waals surface area contributed by atoms with E-state index in [0.29, 0.717) is 18.2 Å². The first-order chi connectivity index (χ1) is 8.93. The molecule has 0 radical (unpaired) electrons. The Hall–Kier alpha value is -2.19. The van der Waals surface area contributed by atoms with E-state index in [-0.39, 0.29) is 6.07 Å². The first kappa shape index (κ1) is 15.9. The number of benzene rings is 1. The molecule has 3 N–H and O–H groups in total. The van der Waals surface area contributed by atoms with Gasteiger partial charge in [0.05, 0.1) is 11.1 Å². The van der Waals surface area contributed by atoms with Crippen molar-refractivity contribution < 1.29 is 36.2 Å². The van der Waals surface area contributed by atoms with Gasteiger partial charge in [-0.05, 0) is 23.8 Å². The van der Waals surface area contributed by atoms with Crippen LogP contribution in [0.25, 0.3) is 6.08 Å². The maximum absolute atomic E-state index is 12.8. The van der Waals surface area contributed by atoms with E-state index in [2.05, 4.69) is 0 Å². The highest BCUT2D eigenvalue weighted by Gasteiger charge is 2.44. The van der Waals surface area contributed by atoms with Crippen LogP contribution >= 0.6 is 0 Å². The molecule has 0 saturated carbocycles. The number of alkyl halides is 6. The number of nitrogen functional groups attached to an aromatic ring is 1. The molecule has 0 fully saturated rings. The average Bonchev–Trinajstić information content (AvgIpc) is 2.22. The zero-order chi connectivity index (χ0) is 15.7. The molecule has 1 rings (SSSR count). The van der Waals surface area contributed by atoms with E-state index in [9.17, 15) is 31.1 Å². The molecule has 20 heavy (non-hydrogen) atoms. The van der Waals surface area contributed by atoms with Crippen molar-refractivity contribution in [1.29, 1.82) is 0 Å². The van der Waals surface area contributed by atoms with Gasteiger partial charge in [-0.15, -0.1) is 0 Å². The Labute approximate surface area is 108 Å². The summed E-state index contributed by atoms with van der Waals surface area (Å²) in [6.07, 6.45) is -9.87. The van der Waals surface area contributed by atoms with Crippen molar-refractivity contribution >= 4 is 17.7 Å². The van der Waals surface area contributed by atoms with Crippen LogP contribution < -0.4 is 5.73 Å². The van der Waals surface area contributed by atoms with Crippen LogP contribution in [0.15, 0.2) is 18.2 Å². The second-order valence-corrected chi connectivity index (χ2v) is 3.70. The number of halogens is 6. The number of nitrogens with two attached hydrogens (primary N) is 1. The maximum Gasteiger partial charge on any atom is 0.417 e. The van der Waals surface area contributed by atoms with E-state index >= 15 is 0 Å². The molecule has 0 spiro atoms. The molecule has 110 valence electrons. The van der Waals surface area contributed by atoms with Gasteiger partial charge in [-0.25, -0.2) is 4.79 Å². The predicted octanol–water partition coefficient (Wildman–Crippen LogP) is 3.40. The third kappa shape index (κ3) is 3.65. The molecule has 0 unspecified atom stereocenters. The molecule has 0 bridgehead atoms. The SMILES string of the molecule is Nc1cc(/C=C/C(=O)O)c(C(F)(F)F)c(C(F)(F)F)c1. The van der Waals surface area contributed by atoms with Crippen LogP contribution in [0.5, 0.6) is 0 Å². The van der Waals surface area contributed by atoms with Gasteiger partial charge in [-0.2, -0.15) is 26.3 Å². The molecular weight excluding hydrogens is 292 g/mol. The topological polar surface area (TPSA) is 63.3 Å². The lowest BCUT2D eigenvalue weighted by molar-refractivity contribution is -0.162. The fourth-order valence-electron chi connectivity index (χ4n) is 1.52. The van der Waals surface area contributed by atoms with Crippen LogP contribution in [0.2, 0.25) is 0 Å². The maximum atomic E-state index is 12.8. The summed E-state index contributed by atoms with van der Waals surface area (Å²) in [5.74, 6) is -1.60. The van der Waals surface area contributed by atoms with Gasteiger partial charge < -0.3 is 10.8 Å². The van der Waals surface area contributed by atoms with Crippen LogP contribution in [0, 0.1) is 0 Å². The van der Waals surface area contributed by atoms with Gasteiger partial charge in [0.1, 0.15) is 0 Å². The number of rotatable bonds is 2. The number of carboxylic acids is 1. The molecular formula is C11H7F6NO2. The molecule has 0 amide bonds. The highest BCUT2D eigenvalue weighted by atomic mass is 19.4. The molecule has 0 heterocycles.